The van der Waals surface area contributed by atoms with Crippen LogP contribution in [-0.4, -0.2) is 28.0 Å². The van der Waals surface area contributed by atoms with Crippen molar-refractivity contribution in [3.8, 4) is 5.88 Å². The summed E-state index contributed by atoms with van der Waals surface area (Å²) >= 11 is 5.86. The lowest BCUT2D eigenvalue weighted by Gasteiger charge is -2.31. The second kappa shape index (κ2) is 6.94. The van der Waals surface area contributed by atoms with Gasteiger partial charge in [0.05, 0.1) is 6.10 Å². The van der Waals surface area contributed by atoms with E-state index in [-0.39, 0.29) is 17.6 Å². The molecule has 0 spiro atoms. The summed E-state index contributed by atoms with van der Waals surface area (Å²) in [7, 11) is 0. The van der Waals surface area contributed by atoms with Crippen LogP contribution >= 0.6 is 11.6 Å². The summed E-state index contributed by atoms with van der Waals surface area (Å²) in [4.78, 5) is 8.60. The predicted molar refractivity (Wildman–Crippen MR) is 80.0 cm³/mol. The Balaban J connectivity index is 2.79. The minimum atomic E-state index is 0.0904. The molecule has 1 N–H and O–H groups in total. The van der Waals surface area contributed by atoms with Crippen molar-refractivity contribution in [3.05, 3.63) is 12.3 Å². The van der Waals surface area contributed by atoms with E-state index in [1.807, 2.05) is 13.8 Å². The van der Waals surface area contributed by atoms with E-state index < -0.39 is 0 Å². The summed E-state index contributed by atoms with van der Waals surface area (Å²) < 4.78 is 5.56. The van der Waals surface area contributed by atoms with Gasteiger partial charge in [0.25, 0.3) is 0 Å². The molecule has 0 aliphatic rings. The Hall–Kier alpha value is -1.03. The van der Waals surface area contributed by atoms with Crippen molar-refractivity contribution < 1.29 is 4.74 Å². The fourth-order valence-corrected chi connectivity index (χ4v) is 1.92. The zero-order valence-corrected chi connectivity index (χ0v) is 13.2. The number of hydrogen-bond acceptors (Lipinski definition) is 4. The van der Waals surface area contributed by atoms with Crippen LogP contribution in [-0.2, 0) is 0 Å². The van der Waals surface area contributed by atoms with Gasteiger partial charge < -0.3 is 10.1 Å². The molecule has 1 unspecified atom stereocenters. The number of hydrogen-bond donors (Lipinski definition) is 1. The zero-order chi connectivity index (χ0) is 14.5. The largest absolute Gasteiger partial charge is 0.475 e. The molecule has 0 fully saturated rings. The number of ether oxygens (including phenoxy) is 1. The molecular formula is C14H24ClN3O. The number of aromatic nitrogens is 2. The van der Waals surface area contributed by atoms with E-state index in [0.29, 0.717) is 17.7 Å². The van der Waals surface area contributed by atoms with Crippen LogP contribution in [0.5, 0.6) is 5.88 Å². The molecule has 19 heavy (non-hydrogen) atoms. The minimum absolute atomic E-state index is 0.0904. The molecule has 1 rings (SSSR count). The zero-order valence-electron chi connectivity index (χ0n) is 12.4. The lowest BCUT2D eigenvalue weighted by Crippen LogP contribution is -2.35. The van der Waals surface area contributed by atoms with Crippen molar-refractivity contribution in [1.29, 1.82) is 0 Å². The first kappa shape index (κ1) is 16.0. The van der Waals surface area contributed by atoms with E-state index in [4.69, 9.17) is 16.3 Å². The Morgan fingerprint density at radius 1 is 1.37 bits per heavy atom. The smallest absolute Gasteiger partial charge is 0.226 e. The van der Waals surface area contributed by atoms with Crippen LogP contribution in [0, 0.1) is 5.41 Å². The molecule has 0 saturated heterocycles. The Bertz CT molecular complexity index is 391. The highest BCUT2D eigenvalue weighted by molar-refractivity contribution is 6.17. The topological polar surface area (TPSA) is 47.0 Å². The molecule has 1 heterocycles. The van der Waals surface area contributed by atoms with Gasteiger partial charge in [-0.15, -0.1) is 11.6 Å². The average molecular weight is 286 g/mol. The number of anilines is 1. The van der Waals surface area contributed by atoms with E-state index in [1.54, 1.807) is 12.3 Å². The molecule has 108 valence electrons. The first-order valence-corrected chi connectivity index (χ1v) is 7.18. The van der Waals surface area contributed by atoms with Crippen LogP contribution < -0.4 is 10.1 Å². The van der Waals surface area contributed by atoms with Crippen molar-refractivity contribution in [2.24, 2.45) is 5.41 Å². The van der Waals surface area contributed by atoms with Crippen LogP contribution in [0.4, 0.5) is 5.95 Å². The summed E-state index contributed by atoms with van der Waals surface area (Å²) in [5, 5.41) is 3.35. The third-order valence-electron chi connectivity index (χ3n) is 2.73. The molecule has 0 aromatic carbocycles. The van der Waals surface area contributed by atoms with Crippen LogP contribution in [0.3, 0.4) is 0 Å². The molecule has 0 bridgehead atoms. The number of rotatable bonds is 6. The van der Waals surface area contributed by atoms with Gasteiger partial charge in [0.1, 0.15) is 0 Å². The van der Waals surface area contributed by atoms with Gasteiger partial charge in [0.2, 0.25) is 11.8 Å². The third kappa shape index (κ3) is 5.64. The van der Waals surface area contributed by atoms with Crippen LogP contribution in [0.15, 0.2) is 12.3 Å². The van der Waals surface area contributed by atoms with Crippen molar-refractivity contribution in [2.75, 3.05) is 11.2 Å². The van der Waals surface area contributed by atoms with Crippen molar-refractivity contribution in [1.82, 2.24) is 9.97 Å². The lowest BCUT2D eigenvalue weighted by molar-refractivity contribution is 0.232. The lowest BCUT2D eigenvalue weighted by atomic mass is 9.85. The highest BCUT2D eigenvalue weighted by Gasteiger charge is 2.24. The van der Waals surface area contributed by atoms with Gasteiger partial charge in [-0.25, -0.2) is 4.98 Å². The molecule has 0 radical (unpaired) electrons. The first-order valence-electron chi connectivity index (χ1n) is 6.65. The fourth-order valence-electron chi connectivity index (χ4n) is 1.71. The Morgan fingerprint density at radius 2 is 2.05 bits per heavy atom. The maximum atomic E-state index is 5.86. The molecule has 1 aromatic heterocycles. The van der Waals surface area contributed by atoms with Gasteiger partial charge in [0.15, 0.2) is 0 Å². The first-order chi connectivity index (χ1) is 8.82. The Morgan fingerprint density at radius 3 is 2.58 bits per heavy atom. The van der Waals surface area contributed by atoms with Gasteiger partial charge in [-0.1, -0.05) is 20.8 Å². The quantitative estimate of drug-likeness (QED) is 0.809. The second-order valence-corrected chi connectivity index (χ2v) is 6.30. The Labute approximate surface area is 120 Å². The van der Waals surface area contributed by atoms with Gasteiger partial charge in [-0.2, -0.15) is 4.98 Å². The van der Waals surface area contributed by atoms with E-state index in [9.17, 15) is 0 Å². The summed E-state index contributed by atoms with van der Waals surface area (Å²) in [5.41, 5.74) is 0.0904. The number of nitrogens with zero attached hydrogens (tertiary/aromatic N) is 2. The third-order valence-corrected chi connectivity index (χ3v) is 2.95. The molecule has 0 aliphatic carbocycles. The number of halogens is 1. The predicted octanol–water partition coefficient (Wildman–Crippen LogP) is 3.72. The Kier molecular flexibility index (Phi) is 5.85. The van der Waals surface area contributed by atoms with Crippen LogP contribution in [0.25, 0.3) is 0 Å². The molecule has 1 atom stereocenters. The fraction of sp³-hybridized carbons (Fsp3) is 0.714. The van der Waals surface area contributed by atoms with Crippen molar-refractivity contribution in [3.63, 3.8) is 0 Å². The molecule has 1 aromatic rings. The molecule has 4 nitrogen and oxygen atoms in total. The highest BCUT2D eigenvalue weighted by atomic mass is 35.5. The molecule has 5 heteroatoms. The van der Waals surface area contributed by atoms with E-state index >= 15 is 0 Å². The maximum absolute atomic E-state index is 5.86. The van der Waals surface area contributed by atoms with E-state index in [0.717, 1.165) is 6.42 Å². The van der Waals surface area contributed by atoms with Gasteiger partial charge in [-0.05, 0) is 25.7 Å². The van der Waals surface area contributed by atoms with Crippen LogP contribution in [0.2, 0.25) is 0 Å². The molecule has 0 aliphatic heterocycles. The average Bonchev–Trinajstić information content (AvgIpc) is 2.26. The molecule has 0 saturated carbocycles. The second-order valence-electron chi connectivity index (χ2n) is 5.93. The summed E-state index contributed by atoms with van der Waals surface area (Å²) in [6, 6.07) is 1.98. The summed E-state index contributed by atoms with van der Waals surface area (Å²) in [5.74, 6) is 1.78. The maximum Gasteiger partial charge on any atom is 0.226 e. The monoisotopic (exact) mass is 285 g/mol. The normalized spacial score (nSPS) is 13.4. The molecular weight excluding hydrogens is 262 g/mol. The number of alkyl halides is 1. The van der Waals surface area contributed by atoms with Crippen LogP contribution in [0.1, 0.15) is 41.0 Å². The van der Waals surface area contributed by atoms with E-state index in [1.165, 1.54) is 0 Å². The number of nitrogens with one attached hydrogen (secondary N) is 1. The van der Waals surface area contributed by atoms with Gasteiger partial charge in [0, 0.05) is 24.2 Å². The molecule has 0 amide bonds. The van der Waals surface area contributed by atoms with E-state index in [2.05, 4.69) is 36.1 Å². The minimum Gasteiger partial charge on any atom is -0.475 e. The van der Waals surface area contributed by atoms with Crippen molar-refractivity contribution in [2.45, 2.75) is 53.2 Å². The van der Waals surface area contributed by atoms with Crippen molar-refractivity contribution >= 4 is 17.5 Å². The highest BCUT2D eigenvalue weighted by Crippen LogP contribution is 2.25. The van der Waals surface area contributed by atoms with Gasteiger partial charge in [-0.3, -0.25) is 0 Å². The van der Waals surface area contributed by atoms with Gasteiger partial charge >= 0.3 is 0 Å². The SMILES string of the molecule is CC(C)Oc1ccnc(NC(CCCl)C(C)(C)C)n1. The summed E-state index contributed by atoms with van der Waals surface area (Å²) in [6.45, 7) is 10.5. The standard InChI is InChI=1S/C14H24ClN3O/c1-10(2)19-12-7-9-16-13(18-12)17-11(6-8-15)14(3,4)5/h7,9-11H,6,8H2,1-5H3,(H,16,17,18). The summed E-state index contributed by atoms with van der Waals surface area (Å²) in [6.07, 6.45) is 2.67.